The highest BCUT2D eigenvalue weighted by molar-refractivity contribution is 9.10. The lowest BCUT2D eigenvalue weighted by molar-refractivity contribution is 0.516. The highest BCUT2D eigenvalue weighted by Gasteiger charge is 2.12. The predicted octanol–water partition coefficient (Wildman–Crippen LogP) is 5.04. The van der Waals surface area contributed by atoms with Gasteiger partial charge in [0.15, 0.2) is 0 Å². The number of hydrogen-bond acceptors (Lipinski definition) is 5. The standard InChI is InChI=1S/C16H16BrN3OS/c1-3-13-10(2)8-14(22-13)16-20-19-15(21-16)9-18-12-6-4-11(17)5-7-12/h4-8,18H,3,9H2,1-2H3. The summed E-state index contributed by atoms with van der Waals surface area (Å²) in [7, 11) is 0. The number of aromatic nitrogens is 2. The minimum absolute atomic E-state index is 0.514. The number of halogens is 1. The fourth-order valence-corrected chi connectivity index (χ4v) is 3.45. The molecular formula is C16H16BrN3OS. The summed E-state index contributed by atoms with van der Waals surface area (Å²) in [6, 6.07) is 10.1. The Morgan fingerprint density at radius 2 is 2.00 bits per heavy atom. The first kappa shape index (κ1) is 15.2. The molecule has 0 saturated carbocycles. The molecular weight excluding hydrogens is 362 g/mol. The number of rotatable bonds is 5. The van der Waals surface area contributed by atoms with Gasteiger partial charge in [0.1, 0.15) is 0 Å². The zero-order valence-electron chi connectivity index (χ0n) is 12.4. The fourth-order valence-electron chi connectivity index (χ4n) is 2.15. The van der Waals surface area contributed by atoms with Crippen LogP contribution in [0.1, 0.15) is 23.3 Å². The van der Waals surface area contributed by atoms with Crippen LogP contribution < -0.4 is 5.32 Å². The number of nitrogens with zero attached hydrogens (tertiary/aromatic N) is 2. The number of anilines is 1. The Hall–Kier alpha value is -1.66. The summed E-state index contributed by atoms with van der Waals surface area (Å²) in [5.41, 5.74) is 2.30. The van der Waals surface area contributed by atoms with E-state index in [0.29, 0.717) is 18.3 Å². The molecule has 0 spiro atoms. The molecule has 2 aromatic heterocycles. The molecule has 2 heterocycles. The van der Waals surface area contributed by atoms with Crippen molar-refractivity contribution in [2.45, 2.75) is 26.8 Å². The number of nitrogens with one attached hydrogen (secondary N) is 1. The SMILES string of the molecule is CCc1sc(-c2nnc(CNc3ccc(Br)cc3)o2)cc1C. The molecule has 0 aliphatic carbocycles. The topological polar surface area (TPSA) is 51.0 Å². The van der Waals surface area contributed by atoms with Crippen molar-refractivity contribution in [1.29, 1.82) is 0 Å². The summed E-state index contributed by atoms with van der Waals surface area (Å²) in [5, 5.41) is 11.5. The Morgan fingerprint density at radius 3 is 2.68 bits per heavy atom. The van der Waals surface area contributed by atoms with Crippen LogP contribution in [0.2, 0.25) is 0 Å². The Balaban J connectivity index is 1.69. The number of hydrogen-bond donors (Lipinski definition) is 1. The molecule has 114 valence electrons. The molecule has 0 amide bonds. The molecule has 0 atom stereocenters. The highest BCUT2D eigenvalue weighted by Crippen LogP contribution is 2.30. The van der Waals surface area contributed by atoms with E-state index >= 15 is 0 Å². The Labute approximate surface area is 141 Å². The summed E-state index contributed by atoms with van der Waals surface area (Å²) >= 11 is 5.14. The van der Waals surface area contributed by atoms with Crippen LogP contribution in [0, 0.1) is 6.92 Å². The van der Waals surface area contributed by atoms with Crippen LogP contribution in [0.3, 0.4) is 0 Å². The van der Waals surface area contributed by atoms with Crippen molar-refractivity contribution in [3.63, 3.8) is 0 Å². The molecule has 0 bridgehead atoms. The van der Waals surface area contributed by atoms with Gasteiger partial charge in [-0.15, -0.1) is 21.5 Å². The quantitative estimate of drug-likeness (QED) is 0.676. The van der Waals surface area contributed by atoms with Crippen LogP contribution in [-0.2, 0) is 13.0 Å². The van der Waals surface area contributed by atoms with Gasteiger partial charge in [-0.2, -0.15) is 0 Å². The molecule has 0 radical (unpaired) electrons. The maximum atomic E-state index is 5.74. The lowest BCUT2D eigenvalue weighted by atomic mass is 10.2. The first-order valence-corrected chi connectivity index (χ1v) is 8.68. The van der Waals surface area contributed by atoms with E-state index in [1.807, 2.05) is 24.3 Å². The minimum Gasteiger partial charge on any atom is -0.418 e. The van der Waals surface area contributed by atoms with Crippen LogP contribution in [0.5, 0.6) is 0 Å². The lowest BCUT2D eigenvalue weighted by Gasteiger charge is -2.02. The van der Waals surface area contributed by atoms with E-state index in [9.17, 15) is 0 Å². The minimum atomic E-state index is 0.514. The molecule has 0 saturated heterocycles. The smallest absolute Gasteiger partial charge is 0.257 e. The van der Waals surface area contributed by atoms with E-state index in [-0.39, 0.29) is 0 Å². The van der Waals surface area contributed by atoms with E-state index in [4.69, 9.17) is 4.42 Å². The van der Waals surface area contributed by atoms with E-state index < -0.39 is 0 Å². The van der Waals surface area contributed by atoms with Gasteiger partial charge in [0, 0.05) is 15.0 Å². The molecule has 3 rings (SSSR count). The van der Waals surface area contributed by atoms with E-state index in [2.05, 4.69) is 51.4 Å². The summed E-state index contributed by atoms with van der Waals surface area (Å²) in [6.45, 7) is 4.79. The van der Waals surface area contributed by atoms with Gasteiger partial charge in [0.05, 0.1) is 11.4 Å². The third-order valence-corrected chi connectivity index (χ3v) is 5.21. The normalized spacial score (nSPS) is 10.9. The largest absolute Gasteiger partial charge is 0.418 e. The number of thiophene rings is 1. The summed E-state index contributed by atoms with van der Waals surface area (Å²) in [6.07, 6.45) is 1.03. The second kappa shape index (κ2) is 6.62. The average Bonchev–Trinajstić information content (AvgIpc) is 3.13. The van der Waals surface area contributed by atoms with Crippen molar-refractivity contribution >= 4 is 33.0 Å². The fraction of sp³-hybridized carbons (Fsp3) is 0.250. The van der Waals surface area contributed by atoms with Gasteiger partial charge < -0.3 is 9.73 Å². The molecule has 0 fully saturated rings. The monoisotopic (exact) mass is 377 g/mol. The van der Waals surface area contributed by atoms with Gasteiger partial charge in [-0.05, 0) is 49.2 Å². The van der Waals surface area contributed by atoms with Crippen molar-refractivity contribution in [1.82, 2.24) is 10.2 Å². The van der Waals surface area contributed by atoms with Gasteiger partial charge in [-0.3, -0.25) is 0 Å². The Bertz CT molecular complexity index is 764. The van der Waals surface area contributed by atoms with Gasteiger partial charge in [-0.1, -0.05) is 22.9 Å². The predicted molar refractivity (Wildman–Crippen MR) is 93.2 cm³/mol. The number of aryl methyl sites for hydroxylation is 2. The maximum absolute atomic E-state index is 5.74. The maximum Gasteiger partial charge on any atom is 0.257 e. The molecule has 22 heavy (non-hydrogen) atoms. The molecule has 1 aromatic carbocycles. The molecule has 4 nitrogen and oxygen atoms in total. The van der Waals surface area contributed by atoms with Crippen molar-refractivity contribution in [2.24, 2.45) is 0 Å². The van der Waals surface area contributed by atoms with Crippen molar-refractivity contribution in [2.75, 3.05) is 5.32 Å². The van der Waals surface area contributed by atoms with Crippen LogP contribution in [0.15, 0.2) is 39.2 Å². The molecule has 0 aliphatic rings. The summed E-state index contributed by atoms with van der Waals surface area (Å²) < 4.78 is 6.80. The van der Waals surface area contributed by atoms with Crippen LogP contribution in [-0.4, -0.2) is 10.2 Å². The van der Waals surface area contributed by atoms with Crippen molar-refractivity contribution in [3.05, 3.63) is 51.1 Å². The molecule has 6 heteroatoms. The van der Waals surface area contributed by atoms with Gasteiger partial charge in [-0.25, -0.2) is 0 Å². The molecule has 3 aromatic rings. The van der Waals surface area contributed by atoms with E-state index in [0.717, 1.165) is 21.5 Å². The second-order valence-electron chi connectivity index (χ2n) is 4.93. The van der Waals surface area contributed by atoms with Gasteiger partial charge >= 0.3 is 0 Å². The molecule has 0 aliphatic heterocycles. The average molecular weight is 378 g/mol. The number of benzene rings is 1. The summed E-state index contributed by atoms with van der Waals surface area (Å²) in [4.78, 5) is 2.40. The van der Waals surface area contributed by atoms with Crippen molar-refractivity contribution < 1.29 is 4.42 Å². The van der Waals surface area contributed by atoms with Gasteiger partial charge in [0.2, 0.25) is 5.89 Å². The van der Waals surface area contributed by atoms with Crippen molar-refractivity contribution in [3.8, 4) is 10.8 Å². The summed E-state index contributed by atoms with van der Waals surface area (Å²) in [5.74, 6) is 1.18. The van der Waals surface area contributed by atoms with E-state index in [1.54, 1.807) is 11.3 Å². The highest BCUT2D eigenvalue weighted by atomic mass is 79.9. The third-order valence-electron chi connectivity index (χ3n) is 3.31. The molecule has 0 unspecified atom stereocenters. The zero-order valence-corrected chi connectivity index (χ0v) is 14.8. The Kier molecular flexibility index (Phi) is 4.59. The third kappa shape index (κ3) is 3.39. The van der Waals surface area contributed by atoms with Gasteiger partial charge in [0.25, 0.3) is 5.89 Å². The first-order chi connectivity index (χ1) is 10.7. The lowest BCUT2D eigenvalue weighted by Crippen LogP contribution is -1.99. The van der Waals surface area contributed by atoms with Crippen LogP contribution >= 0.6 is 27.3 Å². The zero-order chi connectivity index (χ0) is 15.5. The first-order valence-electron chi connectivity index (χ1n) is 7.07. The van der Waals surface area contributed by atoms with E-state index in [1.165, 1.54) is 10.4 Å². The van der Waals surface area contributed by atoms with Crippen LogP contribution in [0.4, 0.5) is 5.69 Å². The Morgan fingerprint density at radius 1 is 1.23 bits per heavy atom. The second-order valence-corrected chi connectivity index (χ2v) is 6.98. The molecule has 1 N–H and O–H groups in total. The van der Waals surface area contributed by atoms with Crippen LogP contribution in [0.25, 0.3) is 10.8 Å².